The number of rotatable bonds is 9. The maximum Gasteiger partial charge on any atom is 0.417 e. The average molecular weight is 636 g/mol. The van der Waals surface area contributed by atoms with Gasteiger partial charge in [-0.2, -0.15) is 26.3 Å². The zero-order valence-corrected chi connectivity index (χ0v) is 23.6. The van der Waals surface area contributed by atoms with Gasteiger partial charge in [0.2, 0.25) is 5.91 Å². The lowest BCUT2D eigenvalue weighted by Gasteiger charge is -2.21. The number of likely N-dealkylation sites (N-methyl/N-ethyl adjacent to an activating group) is 1. The minimum Gasteiger partial charge on any atom is -0.350 e. The zero-order valence-electron chi connectivity index (χ0n) is 21.3. The summed E-state index contributed by atoms with van der Waals surface area (Å²) in [4.78, 5) is 25.6. The van der Waals surface area contributed by atoms with E-state index in [9.17, 15) is 40.3 Å². The van der Waals surface area contributed by atoms with Crippen LogP contribution in [-0.2, 0) is 11.0 Å². The van der Waals surface area contributed by atoms with E-state index in [0.717, 1.165) is 35.2 Å². The summed E-state index contributed by atoms with van der Waals surface area (Å²) < 4.78 is 96.3. The predicted molar refractivity (Wildman–Crippen MR) is 141 cm³/mol. The summed E-state index contributed by atoms with van der Waals surface area (Å²) in [6.45, 7) is 2.10. The van der Waals surface area contributed by atoms with Crippen molar-refractivity contribution in [3.63, 3.8) is 0 Å². The van der Waals surface area contributed by atoms with Gasteiger partial charge in [-0.1, -0.05) is 53.0 Å². The number of nitrogens with one attached hydrogen (secondary N) is 1. The van der Waals surface area contributed by atoms with Crippen molar-refractivity contribution in [2.45, 2.75) is 44.2 Å². The van der Waals surface area contributed by atoms with Crippen molar-refractivity contribution in [1.29, 1.82) is 0 Å². The van der Waals surface area contributed by atoms with E-state index in [1.807, 2.05) is 0 Å². The molecule has 0 bridgehead atoms. The molecule has 220 valence electrons. The molecule has 40 heavy (non-hydrogen) atoms. The average Bonchev–Trinajstić information content (AvgIpc) is 2.79. The van der Waals surface area contributed by atoms with Crippen LogP contribution >= 0.6 is 34.8 Å². The Morgan fingerprint density at radius 2 is 1.55 bits per heavy atom. The van der Waals surface area contributed by atoms with Gasteiger partial charge < -0.3 is 10.2 Å². The lowest BCUT2D eigenvalue weighted by molar-refractivity contribution is -0.139. The van der Waals surface area contributed by atoms with Crippen LogP contribution in [0.5, 0.6) is 0 Å². The summed E-state index contributed by atoms with van der Waals surface area (Å²) in [5.74, 6) is -3.96. The number of benzene rings is 2. The highest BCUT2D eigenvalue weighted by atomic mass is 35.5. The van der Waals surface area contributed by atoms with Crippen LogP contribution in [0.25, 0.3) is 6.08 Å². The van der Waals surface area contributed by atoms with Crippen LogP contribution in [0.2, 0.25) is 15.1 Å². The third-order valence-electron chi connectivity index (χ3n) is 5.52. The van der Waals surface area contributed by atoms with Gasteiger partial charge in [-0.15, -0.1) is 0 Å². The van der Waals surface area contributed by atoms with Crippen molar-refractivity contribution in [1.82, 2.24) is 10.2 Å². The van der Waals surface area contributed by atoms with Crippen LogP contribution in [-0.4, -0.2) is 48.7 Å². The van der Waals surface area contributed by atoms with Gasteiger partial charge in [-0.3, -0.25) is 9.59 Å². The Hall–Kier alpha value is -2.50. The van der Waals surface area contributed by atoms with Crippen molar-refractivity contribution < 1.29 is 40.3 Å². The molecule has 2 aromatic rings. The second-order valence-electron chi connectivity index (χ2n) is 9.45. The molecule has 0 aliphatic heterocycles. The number of carbonyl (C=O) groups excluding carboxylic acids is 2. The number of hydrogen-bond acceptors (Lipinski definition) is 2. The number of carbonyl (C=O) groups is 2. The summed E-state index contributed by atoms with van der Waals surface area (Å²) in [5.41, 5.74) is -4.55. The van der Waals surface area contributed by atoms with E-state index < -0.39 is 53.3 Å². The molecule has 0 spiro atoms. The van der Waals surface area contributed by atoms with Gasteiger partial charge in [0.05, 0.1) is 38.5 Å². The molecular weight excluding hydrogens is 612 g/mol. The first-order valence-electron chi connectivity index (χ1n) is 11.5. The summed E-state index contributed by atoms with van der Waals surface area (Å²) >= 11 is 17.5. The van der Waals surface area contributed by atoms with Gasteiger partial charge in [-0.05, 0) is 49.2 Å². The lowest BCUT2D eigenvalue weighted by Crippen LogP contribution is -2.38. The fourth-order valence-corrected chi connectivity index (χ4v) is 4.13. The molecule has 0 aliphatic carbocycles. The van der Waals surface area contributed by atoms with Gasteiger partial charge in [0.1, 0.15) is 5.67 Å². The molecule has 2 amide bonds. The molecule has 1 N–H and O–H groups in total. The topological polar surface area (TPSA) is 49.4 Å². The van der Waals surface area contributed by atoms with Crippen molar-refractivity contribution in [3.05, 3.63) is 73.7 Å². The molecule has 4 nitrogen and oxygen atoms in total. The molecule has 1 atom stereocenters. The monoisotopic (exact) mass is 634 g/mol. The smallest absolute Gasteiger partial charge is 0.350 e. The Morgan fingerprint density at radius 3 is 2.05 bits per heavy atom. The molecule has 0 saturated carbocycles. The molecule has 14 heteroatoms. The molecule has 0 heterocycles. The molecular formula is C26H24Cl3F7N2O2. The van der Waals surface area contributed by atoms with E-state index in [4.69, 9.17) is 34.8 Å². The predicted octanol–water partition coefficient (Wildman–Crippen LogP) is 8.35. The van der Waals surface area contributed by atoms with E-state index >= 15 is 0 Å². The Bertz CT molecular complexity index is 1250. The Kier molecular flexibility index (Phi) is 10.9. The number of nitrogens with zero attached hydrogens (tertiary/aromatic N) is 1. The van der Waals surface area contributed by atoms with Gasteiger partial charge in [0.25, 0.3) is 5.91 Å². The minimum atomic E-state index is -5.02. The highest BCUT2D eigenvalue weighted by Crippen LogP contribution is 2.41. The van der Waals surface area contributed by atoms with Gasteiger partial charge >= 0.3 is 12.4 Å². The van der Waals surface area contributed by atoms with Crippen molar-refractivity contribution in [2.75, 3.05) is 20.1 Å². The molecule has 0 aliphatic rings. The summed E-state index contributed by atoms with van der Waals surface area (Å²) in [6.07, 6.45) is -8.82. The van der Waals surface area contributed by atoms with Crippen LogP contribution in [0, 0.1) is 0 Å². The summed E-state index contributed by atoms with van der Waals surface area (Å²) in [6, 6.07) is 4.33. The van der Waals surface area contributed by atoms with E-state index in [0.29, 0.717) is 12.1 Å². The van der Waals surface area contributed by atoms with Crippen LogP contribution in [0.15, 0.2) is 36.4 Å². The van der Waals surface area contributed by atoms with Crippen LogP contribution in [0.1, 0.15) is 53.2 Å². The maximum atomic E-state index is 13.8. The molecule has 1 unspecified atom stereocenters. The summed E-state index contributed by atoms with van der Waals surface area (Å²) in [5, 5.41) is 1.64. The Balaban J connectivity index is 2.28. The van der Waals surface area contributed by atoms with Crippen molar-refractivity contribution in [2.24, 2.45) is 0 Å². The third kappa shape index (κ3) is 9.55. The van der Waals surface area contributed by atoms with Crippen molar-refractivity contribution >= 4 is 52.7 Å². The molecule has 2 aromatic carbocycles. The minimum absolute atomic E-state index is 0.0968. The Morgan fingerprint density at radius 1 is 0.975 bits per heavy atom. The molecule has 0 radical (unpaired) electrons. The fourth-order valence-electron chi connectivity index (χ4n) is 3.52. The lowest BCUT2D eigenvalue weighted by atomic mass is 9.96. The quantitative estimate of drug-likeness (QED) is 0.222. The van der Waals surface area contributed by atoms with Crippen LogP contribution in [0.3, 0.4) is 0 Å². The second-order valence-corrected chi connectivity index (χ2v) is 10.6. The number of allylic oxidation sites excluding steroid dienone is 1. The molecule has 2 rings (SSSR count). The van der Waals surface area contributed by atoms with Gasteiger partial charge in [0, 0.05) is 20.1 Å². The molecule has 0 fully saturated rings. The highest BCUT2D eigenvalue weighted by Gasteiger charge is 2.40. The second kappa shape index (κ2) is 13.0. The van der Waals surface area contributed by atoms with Gasteiger partial charge in [-0.25, -0.2) is 4.39 Å². The summed E-state index contributed by atoms with van der Waals surface area (Å²) in [7, 11) is 1.35. The fraction of sp³-hybridized carbons (Fsp3) is 0.385. The largest absolute Gasteiger partial charge is 0.417 e. The first-order valence-corrected chi connectivity index (χ1v) is 12.7. The number of halogens is 10. The van der Waals surface area contributed by atoms with Crippen LogP contribution < -0.4 is 5.32 Å². The van der Waals surface area contributed by atoms with Crippen LogP contribution in [0.4, 0.5) is 30.7 Å². The Labute approximate surface area is 241 Å². The standard InChI is InChI=1S/C26H24Cl3F7N2O2/c1-24(2,30)13-21(39)38(3)9-8-37-23(40)16-6-4-14(10-18(16)26(34,35)36)5-7-17(25(31,32)33)15-11-19(27)22(29)20(28)12-15/h4-7,10-12,17H,8-9,13H2,1-3H3,(H,37,40)/b7-5+. The zero-order chi connectivity index (χ0) is 30.6. The normalized spacial score (nSPS) is 13.4. The molecule has 0 aromatic heterocycles. The number of alkyl halides is 7. The SMILES string of the molecule is CN(CCNC(=O)c1ccc(/C=C/C(c2cc(Cl)c(Cl)c(Cl)c2)C(F)(F)F)cc1C(F)(F)F)C(=O)CC(C)(C)F. The van der Waals surface area contributed by atoms with E-state index in [1.54, 1.807) is 0 Å². The first kappa shape index (κ1) is 33.7. The van der Waals surface area contributed by atoms with E-state index in [1.165, 1.54) is 20.9 Å². The first-order chi connectivity index (χ1) is 18.2. The highest BCUT2D eigenvalue weighted by molar-refractivity contribution is 6.48. The molecule has 0 saturated heterocycles. The van der Waals surface area contributed by atoms with E-state index in [-0.39, 0.29) is 39.3 Å². The van der Waals surface area contributed by atoms with Gasteiger partial charge in [0.15, 0.2) is 0 Å². The van der Waals surface area contributed by atoms with E-state index in [2.05, 4.69) is 5.32 Å². The maximum absolute atomic E-state index is 13.8. The number of amides is 2. The third-order valence-corrected chi connectivity index (χ3v) is 6.72. The van der Waals surface area contributed by atoms with Crippen molar-refractivity contribution in [3.8, 4) is 0 Å². The number of hydrogen-bond donors (Lipinski definition) is 1.